The number of carbonyl (C=O) groups is 1. The fraction of sp³-hybridized carbons (Fsp3) is 0.261. The minimum absolute atomic E-state index is 0.0402. The van der Waals surface area contributed by atoms with Crippen LogP contribution in [0.25, 0.3) is 6.08 Å². The van der Waals surface area contributed by atoms with Crippen LogP contribution in [0.3, 0.4) is 0 Å². The molecule has 0 bridgehead atoms. The number of nitrogens with zero attached hydrogens (tertiary/aromatic N) is 1. The molecule has 2 aliphatic heterocycles. The van der Waals surface area contributed by atoms with Crippen molar-refractivity contribution in [3.05, 3.63) is 78.4 Å². The van der Waals surface area contributed by atoms with E-state index in [9.17, 15) is 4.79 Å². The van der Waals surface area contributed by atoms with Crippen LogP contribution in [0, 0.1) is 0 Å². The first-order chi connectivity index (χ1) is 13.0. The van der Waals surface area contributed by atoms with E-state index < -0.39 is 5.66 Å². The van der Waals surface area contributed by atoms with E-state index in [2.05, 4.69) is 54.9 Å². The van der Waals surface area contributed by atoms with Gasteiger partial charge in [-0.3, -0.25) is 4.79 Å². The molecule has 4 rings (SSSR count). The van der Waals surface area contributed by atoms with E-state index in [1.54, 1.807) is 6.08 Å². The summed E-state index contributed by atoms with van der Waals surface area (Å²) in [6.45, 7) is 8.89. The maximum absolute atomic E-state index is 12.4. The average molecular weight is 360 g/mol. The van der Waals surface area contributed by atoms with Gasteiger partial charge in [-0.25, -0.2) is 0 Å². The van der Waals surface area contributed by atoms with Crippen molar-refractivity contribution in [1.82, 2.24) is 5.32 Å². The lowest BCUT2D eigenvalue weighted by atomic mass is 9.75. The Labute approximate surface area is 160 Å². The Morgan fingerprint density at radius 1 is 1.19 bits per heavy atom. The lowest BCUT2D eigenvalue weighted by Gasteiger charge is -2.40. The van der Waals surface area contributed by atoms with Crippen molar-refractivity contribution in [2.24, 2.45) is 0 Å². The van der Waals surface area contributed by atoms with Crippen LogP contribution in [0.4, 0.5) is 5.69 Å². The summed E-state index contributed by atoms with van der Waals surface area (Å²) in [5, 5.41) is 3.24. The number of hydrogen-bond acceptors (Lipinski definition) is 3. The van der Waals surface area contributed by atoms with E-state index in [1.165, 1.54) is 5.56 Å². The fourth-order valence-electron chi connectivity index (χ4n) is 4.25. The number of fused-ring (bicyclic) bond motifs is 3. The second kappa shape index (κ2) is 6.31. The predicted octanol–water partition coefficient (Wildman–Crippen LogP) is 3.89. The van der Waals surface area contributed by atoms with Crippen molar-refractivity contribution in [1.29, 1.82) is 0 Å². The Morgan fingerprint density at radius 3 is 2.74 bits per heavy atom. The molecule has 2 heterocycles. The van der Waals surface area contributed by atoms with Gasteiger partial charge < -0.3 is 15.0 Å². The van der Waals surface area contributed by atoms with E-state index in [0.717, 1.165) is 17.0 Å². The van der Waals surface area contributed by atoms with Crippen LogP contribution in [0.5, 0.6) is 5.75 Å². The third kappa shape index (κ3) is 2.55. The highest BCUT2D eigenvalue weighted by Crippen LogP contribution is 2.52. The number of hydrogen-bond donors (Lipinski definition) is 1. The van der Waals surface area contributed by atoms with Crippen LogP contribution in [0.15, 0.2) is 67.3 Å². The summed E-state index contributed by atoms with van der Waals surface area (Å²) in [4.78, 5) is 14.5. The fourth-order valence-corrected chi connectivity index (χ4v) is 4.25. The molecule has 1 atom stereocenters. The van der Waals surface area contributed by atoms with Gasteiger partial charge in [0.2, 0.25) is 5.91 Å². The van der Waals surface area contributed by atoms with Crippen LogP contribution in [-0.2, 0) is 10.2 Å². The largest absolute Gasteiger partial charge is 0.489 e. The summed E-state index contributed by atoms with van der Waals surface area (Å²) >= 11 is 0. The number of anilines is 1. The maximum atomic E-state index is 12.4. The second-order valence-electron chi connectivity index (χ2n) is 7.51. The molecule has 0 radical (unpaired) electrons. The van der Waals surface area contributed by atoms with Crippen LogP contribution in [0.1, 0.15) is 25.0 Å². The lowest BCUT2D eigenvalue weighted by Crippen LogP contribution is -2.58. The van der Waals surface area contributed by atoms with Crippen LogP contribution >= 0.6 is 0 Å². The number of para-hydroxylation sites is 2. The monoisotopic (exact) mass is 360 g/mol. The SMILES string of the molecule is C=CCOc1ccccc1/C=C/[C@@]12NC(=O)CN1c1ccccc1C2(C)C. The van der Waals surface area contributed by atoms with Gasteiger partial charge in [0.1, 0.15) is 18.0 Å². The summed E-state index contributed by atoms with van der Waals surface area (Å²) in [7, 11) is 0. The normalized spacial score (nSPS) is 22.4. The van der Waals surface area contributed by atoms with Gasteiger partial charge in [-0.15, -0.1) is 0 Å². The minimum atomic E-state index is -0.598. The van der Waals surface area contributed by atoms with E-state index >= 15 is 0 Å². The third-order valence-electron chi connectivity index (χ3n) is 5.66. The molecule has 2 aromatic carbocycles. The molecule has 0 saturated carbocycles. The highest BCUT2D eigenvalue weighted by atomic mass is 16.5. The molecule has 1 fully saturated rings. The molecule has 0 spiro atoms. The number of rotatable bonds is 5. The number of benzene rings is 2. The molecule has 0 aromatic heterocycles. The van der Waals surface area contributed by atoms with Gasteiger partial charge >= 0.3 is 0 Å². The first kappa shape index (κ1) is 17.4. The van der Waals surface area contributed by atoms with Crippen molar-refractivity contribution in [2.45, 2.75) is 24.9 Å². The van der Waals surface area contributed by atoms with Gasteiger partial charge in [-0.05, 0) is 23.8 Å². The summed E-state index contributed by atoms with van der Waals surface area (Å²) in [5.74, 6) is 0.840. The summed E-state index contributed by atoms with van der Waals surface area (Å²) in [6, 6.07) is 16.2. The van der Waals surface area contributed by atoms with Crippen molar-refractivity contribution in [3.8, 4) is 5.75 Å². The van der Waals surface area contributed by atoms with Gasteiger partial charge in [0.15, 0.2) is 0 Å². The molecule has 4 nitrogen and oxygen atoms in total. The second-order valence-corrected chi connectivity index (χ2v) is 7.51. The van der Waals surface area contributed by atoms with Crippen LogP contribution in [0.2, 0.25) is 0 Å². The Hall–Kier alpha value is -3.01. The van der Waals surface area contributed by atoms with Gasteiger partial charge in [0, 0.05) is 16.7 Å². The number of carbonyl (C=O) groups excluding carboxylic acids is 1. The Morgan fingerprint density at radius 2 is 1.93 bits per heavy atom. The van der Waals surface area contributed by atoms with Gasteiger partial charge in [0.25, 0.3) is 0 Å². The zero-order valence-electron chi connectivity index (χ0n) is 15.7. The third-order valence-corrected chi connectivity index (χ3v) is 5.66. The quantitative estimate of drug-likeness (QED) is 0.823. The number of ether oxygens (including phenoxy) is 1. The molecule has 138 valence electrons. The topological polar surface area (TPSA) is 41.6 Å². The predicted molar refractivity (Wildman–Crippen MR) is 109 cm³/mol. The molecule has 2 aliphatic rings. The van der Waals surface area contributed by atoms with Gasteiger partial charge in [0.05, 0.1) is 6.54 Å². The van der Waals surface area contributed by atoms with Gasteiger partial charge in [-0.2, -0.15) is 0 Å². The molecule has 2 aromatic rings. The molecule has 1 amide bonds. The first-order valence-corrected chi connectivity index (χ1v) is 9.20. The Balaban J connectivity index is 1.78. The van der Waals surface area contributed by atoms with Gasteiger partial charge in [-0.1, -0.05) is 69.0 Å². The summed E-state index contributed by atoms with van der Waals surface area (Å²) < 4.78 is 5.78. The molecule has 0 aliphatic carbocycles. The minimum Gasteiger partial charge on any atom is -0.489 e. The molecule has 0 unspecified atom stereocenters. The summed E-state index contributed by atoms with van der Waals surface area (Å²) in [6.07, 6.45) is 5.88. The highest BCUT2D eigenvalue weighted by molar-refractivity contribution is 5.91. The van der Waals surface area contributed by atoms with Crippen molar-refractivity contribution >= 4 is 17.7 Å². The van der Waals surface area contributed by atoms with Crippen molar-refractivity contribution in [2.75, 3.05) is 18.1 Å². The van der Waals surface area contributed by atoms with E-state index in [0.29, 0.717) is 13.2 Å². The van der Waals surface area contributed by atoms with Crippen molar-refractivity contribution < 1.29 is 9.53 Å². The molecule has 1 N–H and O–H groups in total. The Kier molecular flexibility index (Phi) is 4.06. The zero-order valence-corrected chi connectivity index (χ0v) is 15.7. The first-order valence-electron chi connectivity index (χ1n) is 9.20. The average Bonchev–Trinajstić information content (AvgIpc) is 3.10. The summed E-state index contributed by atoms with van der Waals surface area (Å²) in [5.41, 5.74) is 2.46. The molecule has 1 saturated heterocycles. The highest BCUT2D eigenvalue weighted by Gasteiger charge is 2.59. The standard InChI is InChI=1S/C23H24N2O2/c1-4-15-27-20-12-8-5-9-17(20)13-14-23-22(2,3)18-10-6-7-11-19(18)25(23)16-21(26)24-23/h4-14H,1,15-16H2,2-3H3,(H,24,26)/b14-13+/t23-/m1/s1. The van der Waals surface area contributed by atoms with Crippen molar-refractivity contribution in [3.63, 3.8) is 0 Å². The van der Waals surface area contributed by atoms with E-state index in [1.807, 2.05) is 36.4 Å². The molecular weight excluding hydrogens is 336 g/mol. The smallest absolute Gasteiger partial charge is 0.241 e. The Bertz CT molecular complexity index is 931. The lowest BCUT2D eigenvalue weighted by molar-refractivity contribution is -0.118. The van der Waals surface area contributed by atoms with Crippen LogP contribution in [-0.4, -0.2) is 24.7 Å². The molecule has 27 heavy (non-hydrogen) atoms. The number of amides is 1. The van der Waals surface area contributed by atoms with E-state index in [-0.39, 0.29) is 11.3 Å². The molecule has 4 heteroatoms. The molecular formula is C23H24N2O2. The number of nitrogens with one attached hydrogen (secondary N) is 1. The van der Waals surface area contributed by atoms with E-state index in [4.69, 9.17) is 4.74 Å². The van der Waals surface area contributed by atoms with Crippen LogP contribution < -0.4 is 15.0 Å². The zero-order chi connectivity index (χ0) is 19.1. The maximum Gasteiger partial charge on any atom is 0.241 e.